The lowest BCUT2D eigenvalue weighted by atomic mass is 9.96. The zero-order chi connectivity index (χ0) is 15.2. The number of nitrogens with zero attached hydrogens (tertiary/aromatic N) is 1. The minimum absolute atomic E-state index is 0.861. The van der Waals surface area contributed by atoms with Crippen LogP contribution in [-0.4, -0.2) is 9.67 Å². The van der Waals surface area contributed by atoms with Crippen molar-refractivity contribution in [3.8, 4) is 5.69 Å². The molecule has 1 heterocycles. The monoisotopic (exact) mass is 279 g/mol. The molecule has 108 valence electrons. The maximum absolute atomic E-state index is 10.5. The molecule has 0 fully saturated rings. The Morgan fingerprint density at radius 3 is 2.24 bits per heavy atom. The number of hydrogen-bond donors (Lipinski definition) is 1. The number of fused-ring (bicyclic) bond motifs is 1. The number of aliphatic hydroxyl groups is 1. The molecule has 0 spiro atoms. The van der Waals surface area contributed by atoms with Crippen LogP contribution in [0, 0.1) is 13.8 Å². The van der Waals surface area contributed by atoms with Crippen LogP contribution in [0.4, 0.5) is 0 Å². The second kappa shape index (κ2) is 4.74. The summed E-state index contributed by atoms with van der Waals surface area (Å²) >= 11 is 0. The van der Waals surface area contributed by atoms with Gasteiger partial charge in [0.1, 0.15) is 0 Å². The molecule has 2 nitrogen and oxygen atoms in total. The van der Waals surface area contributed by atoms with Crippen molar-refractivity contribution in [1.82, 2.24) is 4.57 Å². The fourth-order valence-corrected chi connectivity index (χ4v) is 2.85. The molecule has 2 aromatic carbocycles. The minimum atomic E-state index is -0.861. The SMILES string of the molecule is Cc1ccc(-n2cc(C(C)(C)O)c3c(C)cccc32)cc1. The third-order valence-electron chi connectivity index (χ3n) is 4.01. The Kier molecular flexibility index (Phi) is 3.14. The maximum atomic E-state index is 10.5. The first-order chi connectivity index (χ1) is 9.88. The van der Waals surface area contributed by atoms with Crippen molar-refractivity contribution >= 4 is 10.9 Å². The van der Waals surface area contributed by atoms with Gasteiger partial charge < -0.3 is 9.67 Å². The standard InChI is InChI=1S/C19H21NO/c1-13-8-10-15(11-9-13)20-12-16(19(3,4)21)18-14(2)6-5-7-17(18)20/h5-12,21H,1-4H3. The van der Waals surface area contributed by atoms with Gasteiger partial charge in [-0.3, -0.25) is 0 Å². The Morgan fingerprint density at radius 1 is 0.952 bits per heavy atom. The lowest BCUT2D eigenvalue weighted by Crippen LogP contribution is -2.15. The molecule has 0 atom stereocenters. The van der Waals surface area contributed by atoms with Crippen molar-refractivity contribution in [1.29, 1.82) is 0 Å². The number of aryl methyl sites for hydroxylation is 2. The molecular formula is C19H21NO. The first kappa shape index (κ1) is 13.9. The zero-order valence-electron chi connectivity index (χ0n) is 13.0. The summed E-state index contributed by atoms with van der Waals surface area (Å²) in [5, 5.41) is 11.6. The number of benzene rings is 2. The summed E-state index contributed by atoms with van der Waals surface area (Å²) < 4.78 is 2.16. The van der Waals surface area contributed by atoms with Crippen molar-refractivity contribution in [2.45, 2.75) is 33.3 Å². The summed E-state index contributed by atoms with van der Waals surface area (Å²) in [5.41, 5.74) is 4.80. The van der Waals surface area contributed by atoms with Crippen LogP contribution in [0.5, 0.6) is 0 Å². The van der Waals surface area contributed by atoms with Gasteiger partial charge in [-0.25, -0.2) is 0 Å². The average Bonchev–Trinajstić information content (AvgIpc) is 2.81. The highest BCUT2D eigenvalue weighted by molar-refractivity contribution is 5.89. The van der Waals surface area contributed by atoms with Gasteiger partial charge in [0.2, 0.25) is 0 Å². The molecule has 0 aliphatic heterocycles. The fourth-order valence-electron chi connectivity index (χ4n) is 2.85. The molecule has 21 heavy (non-hydrogen) atoms. The topological polar surface area (TPSA) is 25.2 Å². The molecule has 0 aliphatic rings. The van der Waals surface area contributed by atoms with Crippen LogP contribution in [0.15, 0.2) is 48.7 Å². The summed E-state index contributed by atoms with van der Waals surface area (Å²) in [6, 6.07) is 14.7. The first-order valence-electron chi connectivity index (χ1n) is 7.28. The molecule has 3 aromatic rings. The average molecular weight is 279 g/mol. The second-order valence-corrected chi connectivity index (χ2v) is 6.28. The molecule has 3 rings (SSSR count). The molecule has 0 saturated heterocycles. The highest BCUT2D eigenvalue weighted by Crippen LogP contribution is 2.34. The Labute approximate surface area is 125 Å². The molecule has 1 N–H and O–H groups in total. The lowest BCUT2D eigenvalue weighted by molar-refractivity contribution is 0.0800. The highest BCUT2D eigenvalue weighted by atomic mass is 16.3. The summed E-state index contributed by atoms with van der Waals surface area (Å²) in [6.07, 6.45) is 2.06. The van der Waals surface area contributed by atoms with Crippen LogP contribution in [0.2, 0.25) is 0 Å². The number of aromatic nitrogens is 1. The number of rotatable bonds is 2. The quantitative estimate of drug-likeness (QED) is 0.735. The largest absolute Gasteiger partial charge is 0.386 e. The minimum Gasteiger partial charge on any atom is -0.386 e. The van der Waals surface area contributed by atoms with Crippen molar-refractivity contribution < 1.29 is 5.11 Å². The zero-order valence-corrected chi connectivity index (χ0v) is 13.0. The van der Waals surface area contributed by atoms with Gasteiger partial charge in [0.25, 0.3) is 0 Å². The summed E-state index contributed by atoms with van der Waals surface area (Å²) in [7, 11) is 0. The van der Waals surface area contributed by atoms with E-state index in [0.717, 1.165) is 22.2 Å². The molecule has 0 bridgehead atoms. The second-order valence-electron chi connectivity index (χ2n) is 6.28. The molecule has 0 unspecified atom stereocenters. The van der Waals surface area contributed by atoms with E-state index >= 15 is 0 Å². The van der Waals surface area contributed by atoms with E-state index in [1.807, 2.05) is 13.8 Å². The predicted octanol–water partition coefficient (Wildman–Crippen LogP) is 4.47. The molecule has 1 aromatic heterocycles. The van der Waals surface area contributed by atoms with Crippen molar-refractivity contribution in [2.24, 2.45) is 0 Å². The Hall–Kier alpha value is -2.06. The summed E-state index contributed by atoms with van der Waals surface area (Å²) in [4.78, 5) is 0. The Balaban J connectivity index is 2.34. The van der Waals surface area contributed by atoms with Crippen LogP contribution in [-0.2, 0) is 5.60 Å². The van der Waals surface area contributed by atoms with Gasteiger partial charge in [-0.1, -0.05) is 29.8 Å². The van der Waals surface area contributed by atoms with E-state index in [9.17, 15) is 5.11 Å². The molecule has 0 amide bonds. The van der Waals surface area contributed by atoms with Crippen LogP contribution in [0.3, 0.4) is 0 Å². The Bertz CT molecular complexity index is 789. The van der Waals surface area contributed by atoms with Gasteiger partial charge in [-0.2, -0.15) is 0 Å². The van der Waals surface area contributed by atoms with Crippen LogP contribution < -0.4 is 0 Å². The van der Waals surface area contributed by atoms with Gasteiger partial charge in [0, 0.05) is 22.8 Å². The van der Waals surface area contributed by atoms with Crippen LogP contribution in [0.1, 0.15) is 30.5 Å². The molecule has 2 heteroatoms. The Morgan fingerprint density at radius 2 is 1.62 bits per heavy atom. The van der Waals surface area contributed by atoms with E-state index in [-0.39, 0.29) is 0 Å². The molecule has 0 radical (unpaired) electrons. The van der Waals surface area contributed by atoms with Gasteiger partial charge >= 0.3 is 0 Å². The molecule has 0 saturated carbocycles. The van der Waals surface area contributed by atoms with E-state index in [1.54, 1.807) is 0 Å². The third kappa shape index (κ3) is 2.36. The summed E-state index contributed by atoms with van der Waals surface area (Å²) in [6.45, 7) is 7.86. The molecular weight excluding hydrogens is 258 g/mol. The predicted molar refractivity (Wildman–Crippen MR) is 88.0 cm³/mol. The number of hydrogen-bond acceptors (Lipinski definition) is 1. The van der Waals surface area contributed by atoms with Crippen LogP contribution >= 0.6 is 0 Å². The van der Waals surface area contributed by atoms with E-state index in [2.05, 4.69) is 67.1 Å². The highest BCUT2D eigenvalue weighted by Gasteiger charge is 2.23. The van der Waals surface area contributed by atoms with Crippen molar-refractivity contribution in [3.05, 3.63) is 65.4 Å². The van der Waals surface area contributed by atoms with Crippen molar-refractivity contribution in [2.75, 3.05) is 0 Å². The lowest BCUT2D eigenvalue weighted by Gasteiger charge is -2.16. The summed E-state index contributed by atoms with van der Waals surface area (Å²) in [5.74, 6) is 0. The van der Waals surface area contributed by atoms with Gasteiger partial charge in [-0.15, -0.1) is 0 Å². The molecule has 0 aliphatic carbocycles. The van der Waals surface area contributed by atoms with E-state index < -0.39 is 5.60 Å². The van der Waals surface area contributed by atoms with E-state index in [4.69, 9.17) is 0 Å². The first-order valence-corrected chi connectivity index (χ1v) is 7.28. The van der Waals surface area contributed by atoms with E-state index in [0.29, 0.717) is 0 Å². The van der Waals surface area contributed by atoms with Gasteiger partial charge in [0.05, 0.1) is 11.1 Å². The third-order valence-corrected chi connectivity index (χ3v) is 4.01. The van der Waals surface area contributed by atoms with Crippen molar-refractivity contribution in [3.63, 3.8) is 0 Å². The van der Waals surface area contributed by atoms with Crippen LogP contribution in [0.25, 0.3) is 16.6 Å². The fraction of sp³-hybridized carbons (Fsp3) is 0.263. The van der Waals surface area contributed by atoms with Gasteiger partial charge in [0.15, 0.2) is 0 Å². The maximum Gasteiger partial charge on any atom is 0.0861 e. The van der Waals surface area contributed by atoms with E-state index in [1.165, 1.54) is 11.1 Å². The normalized spacial score (nSPS) is 12.0. The smallest absolute Gasteiger partial charge is 0.0861 e. The van der Waals surface area contributed by atoms with Gasteiger partial charge in [-0.05, 0) is 51.5 Å².